The van der Waals surface area contributed by atoms with Crippen molar-refractivity contribution in [3.05, 3.63) is 0 Å². The minimum atomic E-state index is 0.284. The number of ether oxygens (including phenoxy) is 2. The largest absolute Gasteiger partial charge is 0.379 e. The molecule has 0 aliphatic heterocycles. The first-order valence-corrected chi connectivity index (χ1v) is 7.21. The fourth-order valence-corrected chi connectivity index (χ4v) is 1.52. The van der Waals surface area contributed by atoms with Crippen molar-refractivity contribution in [2.24, 2.45) is 0 Å². The lowest BCUT2D eigenvalue weighted by Gasteiger charge is -2.14. The highest BCUT2D eigenvalue weighted by atomic mass is 16.5. The first kappa shape index (κ1) is 16.9. The monoisotopic (exact) mass is 245 g/mol. The Morgan fingerprint density at radius 1 is 0.941 bits per heavy atom. The molecule has 0 aliphatic carbocycles. The molecule has 0 heterocycles. The molecule has 104 valence electrons. The summed E-state index contributed by atoms with van der Waals surface area (Å²) >= 11 is 0. The Labute approximate surface area is 107 Å². The summed E-state index contributed by atoms with van der Waals surface area (Å²) in [5.41, 5.74) is 0. The summed E-state index contributed by atoms with van der Waals surface area (Å²) in [5.74, 6) is 0. The Morgan fingerprint density at radius 3 is 2.41 bits per heavy atom. The standard InChI is InChI=1S/C14H31NO2/c1-4-6-8-9-15-13-14(3)17-12-11-16-10-7-5-2/h14-15H,4-13H2,1-3H3. The van der Waals surface area contributed by atoms with Crippen molar-refractivity contribution in [1.29, 1.82) is 0 Å². The molecule has 3 heteroatoms. The van der Waals surface area contributed by atoms with Crippen LogP contribution in [0.15, 0.2) is 0 Å². The Bertz CT molecular complexity index is 142. The van der Waals surface area contributed by atoms with Crippen molar-refractivity contribution < 1.29 is 9.47 Å². The SMILES string of the molecule is CCCCCNCC(C)OCCOCCCC. The second-order valence-corrected chi connectivity index (χ2v) is 4.56. The van der Waals surface area contributed by atoms with E-state index in [4.69, 9.17) is 9.47 Å². The van der Waals surface area contributed by atoms with E-state index in [9.17, 15) is 0 Å². The van der Waals surface area contributed by atoms with Crippen molar-refractivity contribution in [1.82, 2.24) is 5.32 Å². The molecule has 0 fully saturated rings. The normalized spacial score (nSPS) is 12.9. The van der Waals surface area contributed by atoms with Crippen LogP contribution in [0.5, 0.6) is 0 Å². The summed E-state index contributed by atoms with van der Waals surface area (Å²) < 4.78 is 11.1. The number of rotatable bonds is 13. The fraction of sp³-hybridized carbons (Fsp3) is 1.00. The second-order valence-electron chi connectivity index (χ2n) is 4.56. The summed E-state index contributed by atoms with van der Waals surface area (Å²) in [7, 11) is 0. The van der Waals surface area contributed by atoms with Crippen LogP contribution in [0.3, 0.4) is 0 Å². The van der Waals surface area contributed by atoms with Crippen LogP contribution in [0.4, 0.5) is 0 Å². The first-order valence-electron chi connectivity index (χ1n) is 7.21. The second kappa shape index (κ2) is 13.9. The van der Waals surface area contributed by atoms with Gasteiger partial charge >= 0.3 is 0 Å². The summed E-state index contributed by atoms with van der Waals surface area (Å²) in [6.45, 7) is 10.9. The van der Waals surface area contributed by atoms with Gasteiger partial charge in [0.05, 0.1) is 19.3 Å². The molecule has 0 aromatic heterocycles. The highest BCUT2D eigenvalue weighted by Gasteiger charge is 2.00. The maximum Gasteiger partial charge on any atom is 0.0704 e. The average Bonchev–Trinajstić information content (AvgIpc) is 2.33. The molecule has 0 aromatic carbocycles. The number of unbranched alkanes of at least 4 members (excludes halogenated alkanes) is 3. The van der Waals surface area contributed by atoms with E-state index in [2.05, 4.69) is 26.1 Å². The zero-order valence-corrected chi connectivity index (χ0v) is 12.0. The van der Waals surface area contributed by atoms with Gasteiger partial charge in [-0.1, -0.05) is 33.1 Å². The molecule has 3 nitrogen and oxygen atoms in total. The quantitative estimate of drug-likeness (QED) is 0.506. The predicted molar refractivity (Wildman–Crippen MR) is 73.5 cm³/mol. The minimum Gasteiger partial charge on any atom is -0.379 e. The van der Waals surface area contributed by atoms with Gasteiger partial charge in [-0.05, 0) is 26.3 Å². The van der Waals surface area contributed by atoms with E-state index in [0.29, 0.717) is 6.61 Å². The maximum atomic E-state index is 5.64. The molecule has 0 aliphatic rings. The molecule has 0 rings (SSSR count). The number of nitrogens with one attached hydrogen (secondary N) is 1. The van der Waals surface area contributed by atoms with Crippen LogP contribution < -0.4 is 5.32 Å². The van der Waals surface area contributed by atoms with Gasteiger partial charge in [0, 0.05) is 13.2 Å². The molecule has 17 heavy (non-hydrogen) atoms. The van der Waals surface area contributed by atoms with Crippen LogP contribution in [0.25, 0.3) is 0 Å². The summed E-state index contributed by atoms with van der Waals surface area (Å²) in [6, 6.07) is 0. The van der Waals surface area contributed by atoms with E-state index in [-0.39, 0.29) is 6.10 Å². The van der Waals surface area contributed by atoms with Crippen LogP contribution in [0.2, 0.25) is 0 Å². The molecule has 1 N–H and O–H groups in total. The molecule has 0 radical (unpaired) electrons. The molecule has 0 spiro atoms. The maximum absolute atomic E-state index is 5.64. The van der Waals surface area contributed by atoms with Gasteiger partial charge < -0.3 is 14.8 Å². The summed E-state index contributed by atoms with van der Waals surface area (Å²) in [6.07, 6.45) is 6.49. The van der Waals surface area contributed by atoms with E-state index >= 15 is 0 Å². The zero-order valence-electron chi connectivity index (χ0n) is 12.0. The minimum absolute atomic E-state index is 0.284. The van der Waals surface area contributed by atoms with Crippen molar-refractivity contribution in [3.63, 3.8) is 0 Å². The van der Waals surface area contributed by atoms with E-state index in [1.807, 2.05) is 0 Å². The number of hydrogen-bond donors (Lipinski definition) is 1. The molecule has 1 unspecified atom stereocenters. The van der Waals surface area contributed by atoms with Gasteiger partial charge in [-0.15, -0.1) is 0 Å². The Kier molecular flexibility index (Phi) is 13.8. The van der Waals surface area contributed by atoms with E-state index in [1.54, 1.807) is 0 Å². The van der Waals surface area contributed by atoms with Crippen LogP contribution in [-0.2, 0) is 9.47 Å². The van der Waals surface area contributed by atoms with Gasteiger partial charge in [0.1, 0.15) is 0 Å². The molecule has 0 saturated heterocycles. The van der Waals surface area contributed by atoms with Crippen LogP contribution in [-0.4, -0.2) is 39.0 Å². The molecule has 1 atom stereocenters. The molecule has 0 bridgehead atoms. The molecule has 0 amide bonds. The van der Waals surface area contributed by atoms with Crippen molar-refractivity contribution in [2.45, 2.75) is 59.0 Å². The van der Waals surface area contributed by atoms with Gasteiger partial charge in [-0.2, -0.15) is 0 Å². The highest BCUT2D eigenvalue weighted by molar-refractivity contribution is 4.55. The van der Waals surface area contributed by atoms with E-state index < -0.39 is 0 Å². The van der Waals surface area contributed by atoms with E-state index in [0.717, 1.165) is 32.7 Å². The van der Waals surface area contributed by atoms with Gasteiger partial charge in [-0.25, -0.2) is 0 Å². The lowest BCUT2D eigenvalue weighted by atomic mass is 10.2. The third-order valence-corrected chi connectivity index (χ3v) is 2.66. The highest BCUT2D eigenvalue weighted by Crippen LogP contribution is 1.93. The molecule has 0 aromatic rings. The van der Waals surface area contributed by atoms with Gasteiger partial charge in [0.15, 0.2) is 0 Å². The third-order valence-electron chi connectivity index (χ3n) is 2.66. The van der Waals surface area contributed by atoms with Crippen LogP contribution in [0.1, 0.15) is 52.9 Å². The first-order chi connectivity index (χ1) is 8.31. The van der Waals surface area contributed by atoms with E-state index in [1.165, 1.54) is 25.7 Å². The van der Waals surface area contributed by atoms with Crippen molar-refractivity contribution in [2.75, 3.05) is 32.9 Å². The van der Waals surface area contributed by atoms with Crippen molar-refractivity contribution >= 4 is 0 Å². The molecule has 0 saturated carbocycles. The smallest absolute Gasteiger partial charge is 0.0704 e. The predicted octanol–water partition coefficient (Wildman–Crippen LogP) is 2.99. The Balaban J connectivity index is 3.09. The molecular formula is C14H31NO2. The van der Waals surface area contributed by atoms with Gasteiger partial charge in [0.25, 0.3) is 0 Å². The average molecular weight is 245 g/mol. The fourth-order valence-electron chi connectivity index (χ4n) is 1.52. The summed E-state index contributed by atoms with van der Waals surface area (Å²) in [5, 5.41) is 3.42. The third kappa shape index (κ3) is 13.8. The topological polar surface area (TPSA) is 30.5 Å². The van der Waals surface area contributed by atoms with Crippen LogP contribution in [0, 0.1) is 0 Å². The molecular weight excluding hydrogens is 214 g/mol. The van der Waals surface area contributed by atoms with Gasteiger partial charge in [0.2, 0.25) is 0 Å². The Hall–Kier alpha value is -0.120. The zero-order chi connectivity index (χ0) is 12.8. The lowest BCUT2D eigenvalue weighted by molar-refractivity contribution is 0.0123. The van der Waals surface area contributed by atoms with Crippen molar-refractivity contribution in [3.8, 4) is 0 Å². The number of hydrogen-bond acceptors (Lipinski definition) is 3. The Morgan fingerprint density at radius 2 is 1.71 bits per heavy atom. The van der Waals surface area contributed by atoms with Crippen LogP contribution >= 0.6 is 0 Å². The van der Waals surface area contributed by atoms with Gasteiger partial charge in [-0.3, -0.25) is 0 Å². The summed E-state index contributed by atoms with van der Waals surface area (Å²) in [4.78, 5) is 0. The lowest BCUT2D eigenvalue weighted by Crippen LogP contribution is -2.28.